The third-order valence-corrected chi connectivity index (χ3v) is 4.19. The molecule has 3 nitrogen and oxygen atoms in total. The van der Waals surface area contributed by atoms with Gasteiger partial charge in [0.15, 0.2) is 0 Å². The van der Waals surface area contributed by atoms with Gasteiger partial charge in [-0.15, -0.1) is 0 Å². The number of rotatable bonds is 8. The topological polar surface area (TPSA) is 38.5 Å². The number of ether oxygens (including phenoxy) is 1. The van der Waals surface area contributed by atoms with E-state index < -0.39 is 0 Å². The Balaban J connectivity index is 3.16. The van der Waals surface area contributed by atoms with Crippen LogP contribution in [0.1, 0.15) is 52.1 Å². The highest BCUT2D eigenvalue weighted by Gasteiger charge is 2.27. The number of nitrogens with zero attached hydrogens (tertiary/aromatic N) is 1. The zero-order valence-corrected chi connectivity index (χ0v) is 13.6. The van der Waals surface area contributed by atoms with E-state index in [0.29, 0.717) is 6.04 Å². The molecule has 1 rings (SSSR count). The van der Waals surface area contributed by atoms with Crippen LogP contribution in [0.3, 0.4) is 0 Å². The summed E-state index contributed by atoms with van der Waals surface area (Å²) in [6, 6.07) is 9.21. The molecule has 3 atom stereocenters. The molecule has 0 aliphatic rings. The Kier molecular flexibility index (Phi) is 7.03. The van der Waals surface area contributed by atoms with Crippen LogP contribution in [0, 0.1) is 0 Å². The Hall–Kier alpha value is -1.06. The molecule has 1 aromatic carbocycles. The quantitative estimate of drug-likeness (QED) is 0.789. The predicted octanol–water partition coefficient (Wildman–Crippen LogP) is 3.59. The van der Waals surface area contributed by atoms with E-state index in [0.717, 1.165) is 25.1 Å². The van der Waals surface area contributed by atoms with Crippen LogP contribution in [-0.2, 0) is 0 Å². The van der Waals surface area contributed by atoms with Crippen molar-refractivity contribution in [3.63, 3.8) is 0 Å². The maximum absolute atomic E-state index is 6.43. The molecule has 0 bridgehead atoms. The number of hydrogen-bond donors (Lipinski definition) is 1. The van der Waals surface area contributed by atoms with Crippen molar-refractivity contribution in [2.45, 2.75) is 58.7 Å². The number of hydrogen-bond acceptors (Lipinski definition) is 3. The van der Waals surface area contributed by atoms with Crippen molar-refractivity contribution in [2.24, 2.45) is 5.73 Å². The molecule has 0 amide bonds. The summed E-state index contributed by atoms with van der Waals surface area (Å²) in [5, 5.41) is 0. The maximum atomic E-state index is 6.43. The Morgan fingerprint density at radius 3 is 2.40 bits per heavy atom. The third kappa shape index (κ3) is 3.97. The van der Waals surface area contributed by atoms with Gasteiger partial charge >= 0.3 is 0 Å². The number of likely N-dealkylation sites (N-methyl/N-ethyl adjacent to an activating group) is 1. The molecule has 0 aromatic heterocycles. The lowest BCUT2D eigenvalue weighted by Gasteiger charge is -2.39. The Bertz CT molecular complexity index is 394. The van der Waals surface area contributed by atoms with Gasteiger partial charge in [-0.2, -0.15) is 0 Å². The van der Waals surface area contributed by atoms with Crippen molar-refractivity contribution in [3.05, 3.63) is 29.8 Å². The van der Waals surface area contributed by atoms with Gasteiger partial charge in [-0.1, -0.05) is 32.9 Å². The van der Waals surface area contributed by atoms with E-state index in [2.05, 4.69) is 44.7 Å². The van der Waals surface area contributed by atoms with Crippen LogP contribution < -0.4 is 10.5 Å². The van der Waals surface area contributed by atoms with E-state index in [4.69, 9.17) is 10.5 Å². The molecule has 0 saturated heterocycles. The number of methoxy groups -OCH3 is 1. The average Bonchev–Trinajstić information content (AvgIpc) is 2.50. The van der Waals surface area contributed by atoms with Crippen LogP contribution in [-0.4, -0.2) is 30.6 Å². The first-order valence-corrected chi connectivity index (χ1v) is 7.74. The molecule has 0 saturated carbocycles. The lowest BCUT2D eigenvalue weighted by molar-refractivity contribution is 0.125. The van der Waals surface area contributed by atoms with Crippen molar-refractivity contribution < 1.29 is 4.74 Å². The fraction of sp³-hybridized carbons (Fsp3) is 0.647. The lowest BCUT2D eigenvalue weighted by Crippen LogP contribution is -2.44. The van der Waals surface area contributed by atoms with E-state index in [1.165, 1.54) is 5.56 Å². The Labute approximate surface area is 124 Å². The highest BCUT2D eigenvalue weighted by molar-refractivity contribution is 5.31. The summed E-state index contributed by atoms with van der Waals surface area (Å²) in [5.74, 6) is 0.899. The van der Waals surface area contributed by atoms with Gasteiger partial charge in [-0.05, 0) is 44.0 Å². The van der Waals surface area contributed by atoms with E-state index in [9.17, 15) is 0 Å². The van der Waals surface area contributed by atoms with Gasteiger partial charge in [0.05, 0.1) is 13.2 Å². The Morgan fingerprint density at radius 2 is 1.90 bits per heavy atom. The summed E-state index contributed by atoms with van der Waals surface area (Å²) in [4.78, 5) is 2.50. The van der Waals surface area contributed by atoms with Crippen molar-refractivity contribution in [1.82, 2.24) is 4.90 Å². The summed E-state index contributed by atoms with van der Waals surface area (Å²) in [5.41, 5.74) is 7.68. The molecule has 0 heterocycles. The first-order chi connectivity index (χ1) is 9.58. The standard InChI is InChI=1S/C17H30N2O/c1-6-13(4)19(8-3)17(16(18)7-2)14-10-9-11-15(12-14)20-5/h9-13,16-17H,6-8,18H2,1-5H3. The van der Waals surface area contributed by atoms with Crippen molar-refractivity contribution in [2.75, 3.05) is 13.7 Å². The lowest BCUT2D eigenvalue weighted by atomic mass is 9.94. The van der Waals surface area contributed by atoms with Gasteiger partial charge in [0.2, 0.25) is 0 Å². The van der Waals surface area contributed by atoms with E-state index >= 15 is 0 Å². The van der Waals surface area contributed by atoms with Crippen LogP contribution in [0.4, 0.5) is 0 Å². The second kappa shape index (κ2) is 8.28. The molecule has 1 aromatic rings. The zero-order chi connectivity index (χ0) is 15.1. The minimum absolute atomic E-state index is 0.135. The van der Waals surface area contributed by atoms with Gasteiger partial charge in [0.25, 0.3) is 0 Å². The molecule has 0 aliphatic carbocycles. The summed E-state index contributed by atoms with van der Waals surface area (Å²) in [6.07, 6.45) is 2.10. The molecule has 0 radical (unpaired) electrons. The minimum atomic E-state index is 0.135. The molecule has 0 aliphatic heterocycles. The second-order valence-electron chi connectivity index (χ2n) is 5.38. The highest BCUT2D eigenvalue weighted by Crippen LogP contribution is 2.29. The molecule has 20 heavy (non-hydrogen) atoms. The Morgan fingerprint density at radius 1 is 1.20 bits per heavy atom. The number of nitrogens with two attached hydrogens (primary N) is 1. The van der Waals surface area contributed by atoms with E-state index in [1.54, 1.807) is 7.11 Å². The first-order valence-electron chi connectivity index (χ1n) is 7.74. The van der Waals surface area contributed by atoms with Crippen LogP contribution in [0.5, 0.6) is 5.75 Å². The molecule has 114 valence electrons. The zero-order valence-electron chi connectivity index (χ0n) is 13.6. The molecular weight excluding hydrogens is 248 g/mol. The molecular formula is C17H30N2O. The average molecular weight is 278 g/mol. The van der Waals surface area contributed by atoms with Crippen molar-refractivity contribution in [3.8, 4) is 5.75 Å². The van der Waals surface area contributed by atoms with Crippen molar-refractivity contribution >= 4 is 0 Å². The van der Waals surface area contributed by atoms with E-state index in [1.807, 2.05) is 12.1 Å². The van der Waals surface area contributed by atoms with Gasteiger partial charge in [0, 0.05) is 12.1 Å². The fourth-order valence-electron chi connectivity index (χ4n) is 2.75. The minimum Gasteiger partial charge on any atom is -0.497 e. The molecule has 0 fully saturated rings. The summed E-state index contributed by atoms with van der Waals surface area (Å²) < 4.78 is 5.36. The molecule has 2 N–H and O–H groups in total. The van der Waals surface area contributed by atoms with E-state index in [-0.39, 0.29) is 12.1 Å². The summed E-state index contributed by atoms with van der Waals surface area (Å²) in [7, 11) is 1.71. The van der Waals surface area contributed by atoms with Crippen LogP contribution in [0.15, 0.2) is 24.3 Å². The van der Waals surface area contributed by atoms with Crippen LogP contribution in [0.2, 0.25) is 0 Å². The summed E-state index contributed by atoms with van der Waals surface area (Å²) >= 11 is 0. The van der Waals surface area contributed by atoms with Crippen LogP contribution >= 0.6 is 0 Å². The predicted molar refractivity (Wildman–Crippen MR) is 86.1 cm³/mol. The monoisotopic (exact) mass is 278 g/mol. The summed E-state index contributed by atoms with van der Waals surface area (Å²) in [6.45, 7) is 9.88. The third-order valence-electron chi connectivity index (χ3n) is 4.19. The van der Waals surface area contributed by atoms with Gasteiger partial charge in [-0.25, -0.2) is 0 Å². The first kappa shape index (κ1) is 17.0. The molecule has 3 heteroatoms. The number of benzene rings is 1. The second-order valence-corrected chi connectivity index (χ2v) is 5.38. The highest BCUT2D eigenvalue weighted by atomic mass is 16.5. The van der Waals surface area contributed by atoms with Gasteiger partial charge < -0.3 is 10.5 Å². The smallest absolute Gasteiger partial charge is 0.119 e. The van der Waals surface area contributed by atoms with Crippen LogP contribution in [0.25, 0.3) is 0 Å². The van der Waals surface area contributed by atoms with Crippen molar-refractivity contribution in [1.29, 1.82) is 0 Å². The van der Waals surface area contributed by atoms with Gasteiger partial charge in [0.1, 0.15) is 5.75 Å². The SMILES string of the molecule is CCC(N)C(c1cccc(OC)c1)N(CC)C(C)CC. The molecule has 0 spiro atoms. The largest absolute Gasteiger partial charge is 0.497 e. The molecule has 3 unspecified atom stereocenters. The fourth-order valence-corrected chi connectivity index (χ4v) is 2.75. The van der Waals surface area contributed by atoms with Gasteiger partial charge in [-0.3, -0.25) is 4.90 Å². The normalized spacial score (nSPS) is 15.9. The maximum Gasteiger partial charge on any atom is 0.119 e.